The van der Waals surface area contributed by atoms with Crippen LogP contribution in [-0.2, 0) is 13.5 Å². The Kier molecular flexibility index (Phi) is 4.25. The summed E-state index contributed by atoms with van der Waals surface area (Å²) in [7, 11) is 2.11. The molecule has 0 radical (unpaired) electrons. The highest BCUT2D eigenvalue weighted by Gasteiger charge is 2.11. The number of hydrogen-bond acceptors (Lipinski definition) is 2. The molecule has 0 bridgehead atoms. The highest BCUT2D eigenvalue weighted by Crippen LogP contribution is 2.24. The van der Waals surface area contributed by atoms with Crippen molar-refractivity contribution in [2.75, 3.05) is 6.54 Å². The Morgan fingerprint density at radius 3 is 2.63 bits per heavy atom. The molecule has 1 unspecified atom stereocenters. The van der Waals surface area contributed by atoms with E-state index in [-0.39, 0.29) is 0 Å². The Bertz CT molecular complexity index is 554. The molecule has 0 aliphatic rings. The molecule has 0 amide bonds. The zero-order valence-corrected chi connectivity index (χ0v) is 12.5. The molecular formula is C16H25N3. The maximum atomic E-state index is 5.64. The van der Waals surface area contributed by atoms with Crippen molar-refractivity contribution in [1.82, 2.24) is 9.55 Å². The molecule has 0 aliphatic heterocycles. The fourth-order valence-electron chi connectivity index (χ4n) is 2.54. The average molecular weight is 259 g/mol. The first-order valence-electron chi connectivity index (χ1n) is 7.18. The molecule has 1 aromatic heterocycles. The molecule has 1 atom stereocenters. The SMILES string of the molecule is CC(C)Cc1nc2cc(C(C)CCN)ccc2n1C. The summed E-state index contributed by atoms with van der Waals surface area (Å²) < 4.78 is 2.21. The van der Waals surface area contributed by atoms with E-state index in [1.165, 1.54) is 16.9 Å². The number of fused-ring (bicyclic) bond motifs is 1. The van der Waals surface area contributed by atoms with Crippen LogP contribution in [0.1, 0.15) is 44.5 Å². The van der Waals surface area contributed by atoms with E-state index < -0.39 is 0 Å². The second-order valence-electron chi connectivity index (χ2n) is 5.91. The van der Waals surface area contributed by atoms with Gasteiger partial charge in [-0.25, -0.2) is 4.98 Å². The Labute approximate surface area is 115 Å². The lowest BCUT2D eigenvalue weighted by Gasteiger charge is -2.10. The number of aromatic nitrogens is 2. The van der Waals surface area contributed by atoms with Gasteiger partial charge in [0.15, 0.2) is 0 Å². The van der Waals surface area contributed by atoms with Gasteiger partial charge in [-0.05, 0) is 42.5 Å². The van der Waals surface area contributed by atoms with E-state index in [9.17, 15) is 0 Å². The predicted molar refractivity (Wildman–Crippen MR) is 81.3 cm³/mol. The average Bonchev–Trinajstić information content (AvgIpc) is 2.65. The zero-order chi connectivity index (χ0) is 14.0. The standard InChI is InChI=1S/C16H25N3/c1-11(2)9-16-18-14-10-13(12(3)7-8-17)5-6-15(14)19(16)4/h5-6,10-12H,7-9,17H2,1-4H3. The lowest BCUT2D eigenvalue weighted by atomic mass is 9.97. The predicted octanol–water partition coefficient (Wildman–Crippen LogP) is 3.22. The van der Waals surface area contributed by atoms with Crippen molar-refractivity contribution in [3.05, 3.63) is 29.6 Å². The third kappa shape index (κ3) is 2.98. The molecule has 104 valence electrons. The fraction of sp³-hybridized carbons (Fsp3) is 0.562. The van der Waals surface area contributed by atoms with E-state index in [0.29, 0.717) is 11.8 Å². The number of imidazole rings is 1. The van der Waals surface area contributed by atoms with Crippen LogP contribution in [0.25, 0.3) is 11.0 Å². The second kappa shape index (κ2) is 5.74. The minimum atomic E-state index is 0.505. The molecular weight excluding hydrogens is 234 g/mol. The van der Waals surface area contributed by atoms with Crippen molar-refractivity contribution in [2.45, 2.75) is 39.5 Å². The van der Waals surface area contributed by atoms with Gasteiger partial charge in [-0.3, -0.25) is 0 Å². The molecule has 0 fully saturated rings. The van der Waals surface area contributed by atoms with Gasteiger partial charge >= 0.3 is 0 Å². The van der Waals surface area contributed by atoms with Crippen LogP contribution in [-0.4, -0.2) is 16.1 Å². The highest BCUT2D eigenvalue weighted by atomic mass is 15.1. The first-order chi connectivity index (χ1) is 9.02. The van der Waals surface area contributed by atoms with Gasteiger partial charge < -0.3 is 10.3 Å². The molecule has 0 saturated carbocycles. The van der Waals surface area contributed by atoms with Crippen molar-refractivity contribution >= 4 is 11.0 Å². The third-order valence-corrected chi connectivity index (χ3v) is 3.76. The second-order valence-corrected chi connectivity index (χ2v) is 5.91. The van der Waals surface area contributed by atoms with Crippen LogP contribution in [0.2, 0.25) is 0 Å². The summed E-state index contributed by atoms with van der Waals surface area (Å²) in [5.74, 6) is 2.31. The highest BCUT2D eigenvalue weighted by molar-refractivity contribution is 5.77. The van der Waals surface area contributed by atoms with Crippen LogP contribution in [0.4, 0.5) is 0 Å². The quantitative estimate of drug-likeness (QED) is 0.896. The number of rotatable bonds is 5. The number of nitrogens with two attached hydrogens (primary N) is 1. The van der Waals surface area contributed by atoms with Crippen LogP contribution in [0.15, 0.2) is 18.2 Å². The van der Waals surface area contributed by atoms with Gasteiger partial charge in [-0.2, -0.15) is 0 Å². The third-order valence-electron chi connectivity index (χ3n) is 3.76. The van der Waals surface area contributed by atoms with Crippen LogP contribution in [0, 0.1) is 5.92 Å². The van der Waals surface area contributed by atoms with Crippen molar-refractivity contribution in [1.29, 1.82) is 0 Å². The molecule has 19 heavy (non-hydrogen) atoms. The molecule has 3 heteroatoms. The van der Waals surface area contributed by atoms with Gasteiger partial charge in [0.05, 0.1) is 11.0 Å². The summed E-state index contributed by atoms with van der Waals surface area (Å²) in [5, 5.41) is 0. The van der Waals surface area contributed by atoms with Crippen molar-refractivity contribution in [3.63, 3.8) is 0 Å². The Morgan fingerprint density at radius 2 is 2.00 bits per heavy atom. The van der Waals surface area contributed by atoms with Gasteiger partial charge in [-0.1, -0.05) is 26.8 Å². The molecule has 0 aliphatic carbocycles. The topological polar surface area (TPSA) is 43.8 Å². The lowest BCUT2D eigenvalue weighted by molar-refractivity contribution is 0.606. The van der Waals surface area contributed by atoms with Crippen molar-refractivity contribution in [3.8, 4) is 0 Å². The van der Waals surface area contributed by atoms with Gasteiger partial charge in [0.25, 0.3) is 0 Å². The largest absolute Gasteiger partial charge is 0.331 e. The van der Waals surface area contributed by atoms with Crippen LogP contribution in [0.3, 0.4) is 0 Å². The molecule has 0 spiro atoms. The first-order valence-corrected chi connectivity index (χ1v) is 7.18. The first kappa shape index (κ1) is 14.1. The summed E-state index contributed by atoms with van der Waals surface area (Å²) >= 11 is 0. The lowest BCUT2D eigenvalue weighted by Crippen LogP contribution is -2.04. The molecule has 1 aromatic carbocycles. The van der Waals surface area contributed by atoms with E-state index >= 15 is 0 Å². The number of nitrogens with zero attached hydrogens (tertiary/aromatic N) is 2. The van der Waals surface area contributed by atoms with E-state index in [0.717, 1.165) is 24.9 Å². The monoisotopic (exact) mass is 259 g/mol. The Morgan fingerprint density at radius 1 is 1.26 bits per heavy atom. The fourth-order valence-corrected chi connectivity index (χ4v) is 2.54. The molecule has 2 aromatic rings. The van der Waals surface area contributed by atoms with Gasteiger partial charge in [0.1, 0.15) is 5.82 Å². The van der Waals surface area contributed by atoms with E-state index in [1.807, 2.05) is 0 Å². The molecule has 0 saturated heterocycles. The normalized spacial score (nSPS) is 13.4. The summed E-state index contributed by atoms with van der Waals surface area (Å²) in [4.78, 5) is 4.79. The zero-order valence-electron chi connectivity index (χ0n) is 12.5. The molecule has 2 N–H and O–H groups in total. The van der Waals surface area contributed by atoms with Crippen molar-refractivity contribution in [2.24, 2.45) is 18.7 Å². The van der Waals surface area contributed by atoms with Crippen LogP contribution >= 0.6 is 0 Å². The van der Waals surface area contributed by atoms with Crippen molar-refractivity contribution < 1.29 is 0 Å². The Balaban J connectivity index is 2.38. The maximum Gasteiger partial charge on any atom is 0.109 e. The minimum Gasteiger partial charge on any atom is -0.331 e. The molecule has 2 rings (SSSR count). The van der Waals surface area contributed by atoms with Crippen LogP contribution < -0.4 is 5.73 Å². The number of hydrogen-bond donors (Lipinski definition) is 1. The Hall–Kier alpha value is -1.35. The van der Waals surface area contributed by atoms with Crippen LogP contribution in [0.5, 0.6) is 0 Å². The van der Waals surface area contributed by atoms with Gasteiger partial charge in [-0.15, -0.1) is 0 Å². The number of aryl methyl sites for hydroxylation is 1. The minimum absolute atomic E-state index is 0.505. The van der Waals surface area contributed by atoms with E-state index in [1.54, 1.807) is 0 Å². The summed E-state index contributed by atoms with van der Waals surface area (Å²) in [6.07, 6.45) is 2.05. The maximum absolute atomic E-state index is 5.64. The smallest absolute Gasteiger partial charge is 0.109 e. The van der Waals surface area contributed by atoms with Gasteiger partial charge in [0, 0.05) is 13.5 Å². The molecule has 3 nitrogen and oxygen atoms in total. The summed E-state index contributed by atoms with van der Waals surface area (Å²) in [6, 6.07) is 6.62. The van der Waals surface area contributed by atoms with E-state index in [2.05, 4.69) is 50.6 Å². The summed E-state index contributed by atoms with van der Waals surface area (Å²) in [6.45, 7) is 7.42. The summed E-state index contributed by atoms with van der Waals surface area (Å²) in [5.41, 5.74) is 9.31. The number of benzene rings is 1. The van der Waals surface area contributed by atoms with E-state index in [4.69, 9.17) is 10.7 Å². The van der Waals surface area contributed by atoms with Gasteiger partial charge in [0.2, 0.25) is 0 Å². The molecule has 1 heterocycles.